The Morgan fingerprint density at radius 1 is 1.17 bits per heavy atom. The number of halogens is 2. The van der Waals surface area contributed by atoms with Crippen molar-refractivity contribution in [1.82, 2.24) is 10.2 Å². The Balaban J connectivity index is 0.00000192. The number of rotatable bonds is 4. The van der Waals surface area contributed by atoms with Gasteiger partial charge in [0.2, 0.25) is 0 Å². The highest BCUT2D eigenvalue weighted by Crippen LogP contribution is 2.40. The van der Waals surface area contributed by atoms with Crippen LogP contribution in [0.3, 0.4) is 0 Å². The average molecular weight is 361 g/mol. The molecule has 2 aliphatic rings. The standard InChI is InChI=1S/C17H25ClN2O2.ClH/c1-21-15-10-13(9-14(18)16(15)22-2)11-20-8-5-17(12-20)3-6-19-7-4-17;/h9-10,19H,3-8,11-12H2,1-2H3;1H. The van der Waals surface area contributed by atoms with Crippen LogP contribution in [0.5, 0.6) is 11.5 Å². The van der Waals surface area contributed by atoms with E-state index in [0.29, 0.717) is 21.9 Å². The Kier molecular flexibility index (Phi) is 6.43. The number of methoxy groups -OCH3 is 2. The van der Waals surface area contributed by atoms with E-state index >= 15 is 0 Å². The fourth-order valence-corrected chi connectivity index (χ4v) is 4.16. The third-order valence-corrected chi connectivity index (χ3v) is 5.36. The molecule has 3 rings (SSSR count). The average Bonchev–Trinajstić information content (AvgIpc) is 2.89. The Morgan fingerprint density at radius 3 is 2.57 bits per heavy atom. The van der Waals surface area contributed by atoms with Gasteiger partial charge in [-0.1, -0.05) is 11.6 Å². The lowest BCUT2D eigenvalue weighted by Gasteiger charge is -2.34. The molecule has 1 N–H and O–H groups in total. The van der Waals surface area contributed by atoms with Crippen molar-refractivity contribution in [2.45, 2.75) is 25.8 Å². The van der Waals surface area contributed by atoms with Gasteiger partial charge in [-0.3, -0.25) is 4.90 Å². The normalized spacial score (nSPS) is 20.3. The summed E-state index contributed by atoms with van der Waals surface area (Å²) in [6.07, 6.45) is 3.92. The lowest BCUT2D eigenvalue weighted by atomic mass is 9.78. The van der Waals surface area contributed by atoms with E-state index in [0.717, 1.165) is 19.6 Å². The Morgan fingerprint density at radius 2 is 1.91 bits per heavy atom. The van der Waals surface area contributed by atoms with Crippen molar-refractivity contribution in [3.63, 3.8) is 0 Å². The smallest absolute Gasteiger partial charge is 0.179 e. The molecular formula is C17H26Cl2N2O2. The molecule has 0 bridgehead atoms. The summed E-state index contributed by atoms with van der Waals surface area (Å²) >= 11 is 6.31. The lowest BCUT2D eigenvalue weighted by Crippen LogP contribution is -2.38. The zero-order chi connectivity index (χ0) is 15.6. The Labute approximate surface area is 149 Å². The second-order valence-electron chi connectivity index (χ2n) is 6.52. The summed E-state index contributed by atoms with van der Waals surface area (Å²) in [6, 6.07) is 4.04. The molecule has 2 saturated heterocycles. The second kappa shape index (κ2) is 7.93. The van der Waals surface area contributed by atoms with E-state index in [9.17, 15) is 0 Å². The van der Waals surface area contributed by atoms with E-state index in [-0.39, 0.29) is 12.4 Å². The molecule has 6 heteroatoms. The van der Waals surface area contributed by atoms with Gasteiger partial charge in [0.25, 0.3) is 0 Å². The topological polar surface area (TPSA) is 33.7 Å². The van der Waals surface area contributed by atoms with Gasteiger partial charge in [-0.05, 0) is 62.0 Å². The van der Waals surface area contributed by atoms with Crippen LogP contribution in [-0.4, -0.2) is 45.3 Å². The highest BCUT2D eigenvalue weighted by atomic mass is 35.5. The fraction of sp³-hybridized carbons (Fsp3) is 0.647. The summed E-state index contributed by atoms with van der Waals surface area (Å²) < 4.78 is 10.7. The summed E-state index contributed by atoms with van der Waals surface area (Å²) in [4.78, 5) is 2.54. The third-order valence-electron chi connectivity index (χ3n) is 5.08. The molecule has 1 aromatic carbocycles. The highest BCUT2D eigenvalue weighted by Gasteiger charge is 2.38. The molecule has 0 saturated carbocycles. The predicted molar refractivity (Wildman–Crippen MR) is 96.2 cm³/mol. The minimum atomic E-state index is 0. The van der Waals surface area contributed by atoms with Crippen LogP contribution in [0.25, 0.3) is 0 Å². The maximum Gasteiger partial charge on any atom is 0.179 e. The molecule has 0 amide bonds. The molecule has 2 aliphatic heterocycles. The number of nitrogens with one attached hydrogen (secondary N) is 1. The first kappa shape index (κ1) is 18.7. The largest absolute Gasteiger partial charge is 0.493 e. The first-order valence-electron chi connectivity index (χ1n) is 7.99. The van der Waals surface area contributed by atoms with Gasteiger partial charge in [0.05, 0.1) is 19.2 Å². The fourth-order valence-electron chi connectivity index (χ4n) is 3.85. The monoisotopic (exact) mass is 360 g/mol. The van der Waals surface area contributed by atoms with Crippen LogP contribution >= 0.6 is 24.0 Å². The van der Waals surface area contributed by atoms with E-state index in [1.807, 2.05) is 12.1 Å². The third kappa shape index (κ3) is 4.05. The maximum atomic E-state index is 6.31. The number of nitrogens with zero attached hydrogens (tertiary/aromatic N) is 1. The van der Waals surface area contributed by atoms with Crippen LogP contribution in [0.1, 0.15) is 24.8 Å². The number of ether oxygens (including phenoxy) is 2. The Bertz CT molecular complexity index is 534. The zero-order valence-corrected chi connectivity index (χ0v) is 15.4. The molecule has 2 fully saturated rings. The van der Waals surface area contributed by atoms with Gasteiger partial charge in [0.15, 0.2) is 11.5 Å². The van der Waals surface area contributed by atoms with Crippen molar-refractivity contribution < 1.29 is 9.47 Å². The van der Waals surface area contributed by atoms with Gasteiger partial charge >= 0.3 is 0 Å². The number of likely N-dealkylation sites (tertiary alicyclic amines) is 1. The number of hydrogen-bond acceptors (Lipinski definition) is 4. The van der Waals surface area contributed by atoms with Crippen molar-refractivity contribution >= 4 is 24.0 Å². The molecule has 1 spiro atoms. The van der Waals surface area contributed by atoms with Gasteiger partial charge in [-0.25, -0.2) is 0 Å². The molecule has 4 nitrogen and oxygen atoms in total. The van der Waals surface area contributed by atoms with Crippen LogP contribution in [0.2, 0.25) is 5.02 Å². The van der Waals surface area contributed by atoms with Crippen LogP contribution in [0.4, 0.5) is 0 Å². The SMILES string of the molecule is COc1cc(CN2CCC3(CCNCC3)C2)cc(Cl)c1OC.Cl. The van der Waals surface area contributed by atoms with E-state index in [2.05, 4.69) is 10.2 Å². The highest BCUT2D eigenvalue weighted by molar-refractivity contribution is 6.32. The number of benzene rings is 1. The van der Waals surface area contributed by atoms with Crippen molar-refractivity contribution in [2.75, 3.05) is 40.4 Å². The number of hydrogen-bond donors (Lipinski definition) is 1. The summed E-state index contributed by atoms with van der Waals surface area (Å²) in [5, 5.41) is 4.09. The van der Waals surface area contributed by atoms with Crippen LogP contribution in [0.15, 0.2) is 12.1 Å². The van der Waals surface area contributed by atoms with Gasteiger partial charge < -0.3 is 14.8 Å². The van der Waals surface area contributed by atoms with Crippen LogP contribution in [0, 0.1) is 5.41 Å². The summed E-state index contributed by atoms with van der Waals surface area (Å²) in [6.45, 7) is 5.62. The summed E-state index contributed by atoms with van der Waals surface area (Å²) in [5.74, 6) is 1.32. The number of piperidine rings is 1. The van der Waals surface area contributed by atoms with Crippen LogP contribution < -0.4 is 14.8 Å². The molecule has 2 heterocycles. The van der Waals surface area contributed by atoms with Gasteiger partial charge in [0, 0.05) is 13.1 Å². The van der Waals surface area contributed by atoms with E-state index in [1.165, 1.54) is 37.9 Å². The van der Waals surface area contributed by atoms with Crippen molar-refractivity contribution in [2.24, 2.45) is 5.41 Å². The van der Waals surface area contributed by atoms with Gasteiger partial charge in [-0.15, -0.1) is 12.4 Å². The predicted octanol–water partition coefficient (Wildman–Crippen LogP) is 3.35. The minimum Gasteiger partial charge on any atom is -0.493 e. The zero-order valence-electron chi connectivity index (χ0n) is 13.9. The molecule has 0 atom stereocenters. The maximum absolute atomic E-state index is 6.31. The molecular weight excluding hydrogens is 335 g/mol. The quantitative estimate of drug-likeness (QED) is 0.892. The molecule has 0 aliphatic carbocycles. The molecule has 0 unspecified atom stereocenters. The molecule has 130 valence electrons. The van der Waals surface area contributed by atoms with Crippen LogP contribution in [-0.2, 0) is 6.54 Å². The van der Waals surface area contributed by atoms with Crippen molar-refractivity contribution in [3.05, 3.63) is 22.7 Å². The second-order valence-corrected chi connectivity index (χ2v) is 6.93. The van der Waals surface area contributed by atoms with Gasteiger partial charge in [0.1, 0.15) is 0 Å². The van der Waals surface area contributed by atoms with Gasteiger partial charge in [-0.2, -0.15) is 0 Å². The minimum absolute atomic E-state index is 0. The lowest BCUT2D eigenvalue weighted by molar-refractivity contribution is 0.194. The van der Waals surface area contributed by atoms with Crippen molar-refractivity contribution in [1.29, 1.82) is 0 Å². The molecule has 0 radical (unpaired) electrons. The first-order chi connectivity index (χ1) is 10.7. The van der Waals surface area contributed by atoms with Crippen molar-refractivity contribution in [3.8, 4) is 11.5 Å². The molecule has 0 aromatic heterocycles. The summed E-state index contributed by atoms with van der Waals surface area (Å²) in [5.41, 5.74) is 1.72. The summed E-state index contributed by atoms with van der Waals surface area (Å²) in [7, 11) is 3.27. The van der Waals surface area contributed by atoms with E-state index < -0.39 is 0 Å². The molecule has 23 heavy (non-hydrogen) atoms. The molecule has 1 aromatic rings. The first-order valence-corrected chi connectivity index (χ1v) is 8.37. The Hall–Kier alpha value is -0.680. The van der Waals surface area contributed by atoms with E-state index in [1.54, 1.807) is 14.2 Å². The van der Waals surface area contributed by atoms with E-state index in [4.69, 9.17) is 21.1 Å².